The smallest absolute Gasteiger partial charge is 0.229 e. The first kappa shape index (κ1) is 11.6. The number of nitrogen functional groups attached to an aromatic ring is 1. The molecule has 17 heavy (non-hydrogen) atoms. The summed E-state index contributed by atoms with van der Waals surface area (Å²) in [5.74, 6) is 0.291. The van der Waals surface area contributed by atoms with Crippen LogP contribution in [0.25, 0.3) is 0 Å². The van der Waals surface area contributed by atoms with Crippen LogP contribution in [0, 0.1) is 0 Å². The third-order valence-corrected chi connectivity index (χ3v) is 2.85. The largest absolute Gasteiger partial charge is 0.382 e. The lowest BCUT2D eigenvalue weighted by Gasteiger charge is -2.18. The summed E-state index contributed by atoms with van der Waals surface area (Å²) in [6, 6.07) is 1.69. The Bertz CT molecular complexity index is 409. The summed E-state index contributed by atoms with van der Waals surface area (Å²) in [4.78, 5) is 24.7. The minimum absolute atomic E-state index is 0.0763. The second kappa shape index (κ2) is 4.99. The van der Waals surface area contributed by atoms with Gasteiger partial charge in [0, 0.05) is 25.6 Å². The Morgan fingerprint density at radius 1 is 1.18 bits per heavy atom. The highest BCUT2D eigenvalue weighted by Crippen LogP contribution is 2.12. The highest BCUT2D eigenvalue weighted by Gasteiger charge is 2.23. The van der Waals surface area contributed by atoms with Gasteiger partial charge >= 0.3 is 0 Å². The Labute approximate surface area is 99.4 Å². The topological polar surface area (TPSA) is 81.2 Å². The van der Waals surface area contributed by atoms with Gasteiger partial charge in [-0.05, 0) is 18.9 Å². The summed E-state index contributed by atoms with van der Waals surface area (Å²) in [7, 11) is 0. The second-order valence-electron chi connectivity index (χ2n) is 4.15. The third-order valence-electron chi connectivity index (χ3n) is 2.85. The van der Waals surface area contributed by atoms with Crippen molar-refractivity contribution in [2.75, 3.05) is 12.3 Å². The number of anilines is 1. The Morgan fingerprint density at radius 2 is 1.82 bits per heavy atom. The van der Waals surface area contributed by atoms with E-state index in [2.05, 4.69) is 5.10 Å². The van der Waals surface area contributed by atoms with E-state index in [9.17, 15) is 9.59 Å². The van der Waals surface area contributed by atoms with E-state index in [1.54, 1.807) is 16.9 Å². The van der Waals surface area contributed by atoms with Gasteiger partial charge in [-0.15, -0.1) is 0 Å². The molecule has 0 bridgehead atoms. The number of carbonyl (C=O) groups is 2. The van der Waals surface area contributed by atoms with Crippen LogP contribution in [0.4, 0.5) is 5.82 Å². The molecule has 2 N–H and O–H groups in total. The number of nitrogens with two attached hydrogens (primary N) is 1. The molecule has 1 saturated heterocycles. The maximum Gasteiger partial charge on any atom is 0.229 e. The van der Waals surface area contributed by atoms with E-state index in [-0.39, 0.29) is 11.8 Å². The standard InChI is InChI=1S/C11H16N4O2/c12-9-5-6-14(13-9)7-8-15-10(16)3-1-2-4-11(15)17/h5-6H,1-4,7-8H2,(H2,12,13). The Morgan fingerprint density at radius 3 is 2.35 bits per heavy atom. The van der Waals surface area contributed by atoms with Gasteiger partial charge in [-0.2, -0.15) is 5.10 Å². The van der Waals surface area contributed by atoms with Crippen LogP contribution in [0.3, 0.4) is 0 Å². The van der Waals surface area contributed by atoms with E-state index in [4.69, 9.17) is 5.73 Å². The molecule has 6 heteroatoms. The van der Waals surface area contributed by atoms with Gasteiger partial charge in [0.1, 0.15) is 5.82 Å². The molecule has 0 unspecified atom stereocenters. The fourth-order valence-corrected chi connectivity index (χ4v) is 1.92. The zero-order valence-corrected chi connectivity index (χ0v) is 9.63. The minimum Gasteiger partial charge on any atom is -0.382 e. The zero-order chi connectivity index (χ0) is 12.3. The summed E-state index contributed by atoms with van der Waals surface area (Å²) in [6.45, 7) is 0.869. The number of hydrogen-bond acceptors (Lipinski definition) is 4. The summed E-state index contributed by atoms with van der Waals surface area (Å²) in [5.41, 5.74) is 5.49. The molecule has 2 rings (SSSR count). The molecule has 1 aliphatic rings. The molecule has 1 aromatic rings. The monoisotopic (exact) mass is 236 g/mol. The van der Waals surface area contributed by atoms with Crippen molar-refractivity contribution in [3.63, 3.8) is 0 Å². The molecular formula is C11H16N4O2. The lowest BCUT2D eigenvalue weighted by atomic mass is 10.2. The molecule has 0 atom stereocenters. The molecule has 0 aliphatic carbocycles. The highest BCUT2D eigenvalue weighted by molar-refractivity contribution is 5.95. The van der Waals surface area contributed by atoms with Crippen molar-refractivity contribution in [2.45, 2.75) is 32.2 Å². The highest BCUT2D eigenvalue weighted by atomic mass is 16.2. The summed E-state index contributed by atoms with van der Waals surface area (Å²) >= 11 is 0. The number of imide groups is 1. The molecule has 0 radical (unpaired) electrons. The van der Waals surface area contributed by atoms with Crippen LogP contribution in [0.5, 0.6) is 0 Å². The lowest BCUT2D eigenvalue weighted by Crippen LogP contribution is -2.37. The van der Waals surface area contributed by atoms with Crippen molar-refractivity contribution in [1.82, 2.24) is 14.7 Å². The average Bonchev–Trinajstić information content (AvgIpc) is 2.63. The van der Waals surface area contributed by atoms with E-state index in [1.807, 2.05) is 0 Å². The van der Waals surface area contributed by atoms with Gasteiger partial charge in [0.25, 0.3) is 0 Å². The minimum atomic E-state index is -0.0763. The van der Waals surface area contributed by atoms with Gasteiger partial charge in [0.15, 0.2) is 0 Å². The van der Waals surface area contributed by atoms with Crippen molar-refractivity contribution in [2.24, 2.45) is 0 Å². The maximum atomic E-state index is 11.7. The molecule has 0 aromatic carbocycles. The molecule has 6 nitrogen and oxygen atoms in total. The predicted molar refractivity (Wildman–Crippen MR) is 61.8 cm³/mol. The first-order valence-electron chi connectivity index (χ1n) is 5.79. The summed E-state index contributed by atoms with van der Waals surface area (Å²) in [5, 5.41) is 4.01. The molecule has 0 spiro atoms. The number of likely N-dealkylation sites (tertiary alicyclic amines) is 1. The first-order chi connectivity index (χ1) is 8.16. The fraction of sp³-hybridized carbons (Fsp3) is 0.545. The van der Waals surface area contributed by atoms with Crippen molar-refractivity contribution < 1.29 is 9.59 Å². The quantitative estimate of drug-likeness (QED) is 0.770. The number of nitrogens with zero attached hydrogens (tertiary/aromatic N) is 3. The van der Waals surface area contributed by atoms with Gasteiger partial charge in [-0.1, -0.05) is 0 Å². The predicted octanol–water partition coefficient (Wildman–Crippen LogP) is 0.394. The molecule has 0 saturated carbocycles. The van der Waals surface area contributed by atoms with Gasteiger partial charge in [-0.25, -0.2) is 0 Å². The number of amides is 2. The SMILES string of the molecule is Nc1ccn(CCN2C(=O)CCCCC2=O)n1. The lowest BCUT2D eigenvalue weighted by molar-refractivity contribution is -0.143. The Hall–Kier alpha value is -1.85. The van der Waals surface area contributed by atoms with E-state index in [0.717, 1.165) is 12.8 Å². The van der Waals surface area contributed by atoms with E-state index in [0.29, 0.717) is 31.7 Å². The number of hydrogen-bond donors (Lipinski definition) is 1. The third kappa shape index (κ3) is 2.83. The summed E-state index contributed by atoms with van der Waals surface area (Å²) < 4.78 is 1.64. The summed E-state index contributed by atoms with van der Waals surface area (Å²) in [6.07, 6.45) is 4.27. The van der Waals surface area contributed by atoms with Crippen molar-refractivity contribution in [3.05, 3.63) is 12.3 Å². The van der Waals surface area contributed by atoms with Crippen LogP contribution >= 0.6 is 0 Å². The molecule has 2 amide bonds. The maximum absolute atomic E-state index is 11.7. The van der Waals surface area contributed by atoms with Gasteiger partial charge in [0.2, 0.25) is 11.8 Å². The molecule has 1 aliphatic heterocycles. The van der Waals surface area contributed by atoms with Gasteiger partial charge in [0.05, 0.1) is 6.54 Å². The van der Waals surface area contributed by atoms with E-state index in [1.165, 1.54) is 4.90 Å². The number of carbonyl (C=O) groups excluding carboxylic acids is 2. The first-order valence-corrected chi connectivity index (χ1v) is 5.79. The van der Waals surface area contributed by atoms with Crippen LogP contribution in [0.2, 0.25) is 0 Å². The number of aromatic nitrogens is 2. The van der Waals surface area contributed by atoms with Crippen LogP contribution < -0.4 is 5.73 Å². The van der Waals surface area contributed by atoms with Crippen LogP contribution in [-0.2, 0) is 16.1 Å². The van der Waals surface area contributed by atoms with E-state index < -0.39 is 0 Å². The molecule has 1 fully saturated rings. The van der Waals surface area contributed by atoms with Gasteiger partial charge < -0.3 is 5.73 Å². The molecule has 2 heterocycles. The number of rotatable bonds is 3. The normalized spacial score (nSPS) is 17.3. The fourth-order valence-electron chi connectivity index (χ4n) is 1.92. The van der Waals surface area contributed by atoms with Gasteiger partial charge in [-0.3, -0.25) is 19.2 Å². The van der Waals surface area contributed by atoms with Crippen molar-refractivity contribution in [1.29, 1.82) is 0 Å². The van der Waals surface area contributed by atoms with Crippen molar-refractivity contribution in [3.8, 4) is 0 Å². The van der Waals surface area contributed by atoms with E-state index >= 15 is 0 Å². The zero-order valence-electron chi connectivity index (χ0n) is 9.63. The average molecular weight is 236 g/mol. The Kier molecular flexibility index (Phi) is 3.41. The molecule has 92 valence electrons. The van der Waals surface area contributed by atoms with Crippen molar-refractivity contribution >= 4 is 17.6 Å². The van der Waals surface area contributed by atoms with Crippen LogP contribution in [-0.4, -0.2) is 33.0 Å². The van der Waals surface area contributed by atoms with Crippen LogP contribution in [0.15, 0.2) is 12.3 Å². The molecular weight excluding hydrogens is 220 g/mol. The van der Waals surface area contributed by atoms with Crippen LogP contribution in [0.1, 0.15) is 25.7 Å². The second-order valence-corrected chi connectivity index (χ2v) is 4.15. The molecule has 1 aromatic heterocycles. The Balaban J connectivity index is 1.96.